The number of esters is 1. The van der Waals surface area contributed by atoms with E-state index < -0.39 is 0 Å². The van der Waals surface area contributed by atoms with E-state index in [4.69, 9.17) is 10.00 Å². The molecule has 1 saturated heterocycles. The first-order valence-corrected chi connectivity index (χ1v) is 12.3. The Kier molecular flexibility index (Phi) is 7.44. The molecule has 0 atom stereocenters. The number of likely N-dealkylation sites (tertiary alicyclic amines) is 1. The van der Waals surface area contributed by atoms with Gasteiger partial charge in [0.1, 0.15) is 0 Å². The van der Waals surface area contributed by atoms with Gasteiger partial charge in [-0.25, -0.2) is 0 Å². The van der Waals surface area contributed by atoms with E-state index >= 15 is 0 Å². The molecule has 2 aromatic heterocycles. The minimum atomic E-state index is -0.138. The van der Waals surface area contributed by atoms with Crippen LogP contribution >= 0.6 is 15.9 Å². The Morgan fingerprint density at radius 1 is 1.24 bits per heavy atom. The Hall–Kier alpha value is -3.02. The predicted molar refractivity (Wildman–Crippen MR) is 133 cm³/mol. The van der Waals surface area contributed by atoms with Crippen LogP contribution in [0.1, 0.15) is 47.8 Å². The van der Waals surface area contributed by atoms with Crippen LogP contribution in [0.4, 0.5) is 0 Å². The number of hydrogen-bond acceptors (Lipinski definition) is 6. The molecule has 7 nitrogen and oxygen atoms in total. The third-order valence-corrected chi connectivity index (χ3v) is 6.81. The number of Topliss-reactive ketones (excluding diaryl/α,β-unsaturated/α-hetero) is 1. The van der Waals surface area contributed by atoms with Crippen LogP contribution in [-0.2, 0) is 9.53 Å². The zero-order chi connectivity index (χ0) is 24.2. The van der Waals surface area contributed by atoms with E-state index in [1.54, 1.807) is 18.3 Å². The number of nitrogens with zero attached hydrogens (tertiary/aromatic N) is 4. The number of aromatic nitrogens is 2. The highest BCUT2D eigenvalue weighted by Crippen LogP contribution is 2.31. The highest BCUT2D eigenvalue weighted by Gasteiger charge is 2.27. The standard InChI is InChI=1S/C26H27BrN4O3/c1-3-34-24(33)12-18-8-10-30(11-9-18)16-23(32)25-17(2)31(21-6-4-19(14-28)5-7-21)22-13-20(27)15-29-26(22)25/h4-7,13,15,18H,3,8-12,16H2,1-2H3. The van der Waals surface area contributed by atoms with E-state index in [0.29, 0.717) is 42.1 Å². The van der Waals surface area contributed by atoms with Gasteiger partial charge in [-0.15, -0.1) is 0 Å². The molecule has 176 valence electrons. The van der Waals surface area contributed by atoms with Crippen LogP contribution in [0.2, 0.25) is 0 Å². The van der Waals surface area contributed by atoms with Crippen LogP contribution < -0.4 is 0 Å². The van der Waals surface area contributed by atoms with Crippen molar-refractivity contribution >= 4 is 38.7 Å². The van der Waals surface area contributed by atoms with E-state index in [9.17, 15) is 9.59 Å². The molecule has 1 fully saturated rings. The topological polar surface area (TPSA) is 88.2 Å². The summed E-state index contributed by atoms with van der Waals surface area (Å²) in [4.78, 5) is 32.0. The maximum atomic E-state index is 13.5. The Labute approximate surface area is 207 Å². The fraction of sp³-hybridized carbons (Fsp3) is 0.385. The van der Waals surface area contributed by atoms with Gasteiger partial charge in [0.15, 0.2) is 5.78 Å². The first-order chi connectivity index (χ1) is 16.4. The summed E-state index contributed by atoms with van der Waals surface area (Å²) in [7, 11) is 0. The molecule has 0 amide bonds. The summed E-state index contributed by atoms with van der Waals surface area (Å²) in [5.74, 6) is 0.207. The van der Waals surface area contributed by atoms with Gasteiger partial charge in [0.2, 0.25) is 0 Å². The molecule has 0 aliphatic carbocycles. The lowest BCUT2D eigenvalue weighted by Crippen LogP contribution is -2.38. The zero-order valence-electron chi connectivity index (χ0n) is 19.4. The van der Waals surface area contributed by atoms with E-state index in [0.717, 1.165) is 47.3 Å². The first-order valence-electron chi connectivity index (χ1n) is 11.5. The van der Waals surface area contributed by atoms with Crippen molar-refractivity contribution in [1.29, 1.82) is 5.26 Å². The second-order valence-corrected chi connectivity index (χ2v) is 9.54. The Morgan fingerprint density at radius 3 is 2.59 bits per heavy atom. The molecular weight excluding hydrogens is 496 g/mol. The Bertz CT molecular complexity index is 1250. The second kappa shape index (κ2) is 10.5. The number of fused-ring (bicyclic) bond motifs is 1. The molecule has 8 heteroatoms. The summed E-state index contributed by atoms with van der Waals surface area (Å²) in [5, 5.41) is 9.13. The van der Waals surface area contributed by atoms with Crippen molar-refractivity contribution in [3.63, 3.8) is 0 Å². The zero-order valence-corrected chi connectivity index (χ0v) is 21.0. The van der Waals surface area contributed by atoms with Crippen LogP contribution in [0.5, 0.6) is 0 Å². The first kappa shape index (κ1) is 24.1. The third-order valence-electron chi connectivity index (χ3n) is 6.38. The fourth-order valence-electron chi connectivity index (χ4n) is 4.69. The second-order valence-electron chi connectivity index (χ2n) is 8.63. The molecule has 1 aliphatic heterocycles. The van der Waals surface area contributed by atoms with Gasteiger partial charge < -0.3 is 9.30 Å². The summed E-state index contributed by atoms with van der Waals surface area (Å²) < 4.78 is 7.92. The van der Waals surface area contributed by atoms with Crippen molar-refractivity contribution < 1.29 is 14.3 Å². The van der Waals surface area contributed by atoms with E-state index in [1.807, 2.05) is 36.6 Å². The molecule has 0 bridgehead atoms. The summed E-state index contributed by atoms with van der Waals surface area (Å²) >= 11 is 3.50. The molecule has 3 aromatic rings. The van der Waals surface area contributed by atoms with Crippen LogP contribution in [0.3, 0.4) is 0 Å². The number of pyridine rings is 1. The molecular formula is C26H27BrN4O3. The minimum Gasteiger partial charge on any atom is -0.466 e. The van der Waals surface area contributed by atoms with Crippen LogP contribution in [-0.4, -0.2) is 52.4 Å². The smallest absolute Gasteiger partial charge is 0.306 e. The predicted octanol–water partition coefficient (Wildman–Crippen LogP) is 4.82. The average molecular weight is 523 g/mol. The van der Waals surface area contributed by atoms with Crippen LogP contribution in [0, 0.1) is 24.2 Å². The average Bonchev–Trinajstić information content (AvgIpc) is 3.11. The summed E-state index contributed by atoms with van der Waals surface area (Å²) in [6.45, 7) is 6.04. The number of benzene rings is 1. The van der Waals surface area contributed by atoms with Crippen molar-refractivity contribution in [3.8, 4) is 11.8 Å². The van der Waals surface area contributed by atoms with Crippen LogP contribution in [0.15, 0.2) is 41.0 Å². The molecule has 0 saturated carbocycles. The van der Waals surface area contributed by atoms with E-state index in [-0.39, 0.29) is 11.8 Å². The van der Waals surface area contributed by atoms with E-state index in [2.05, 4.69) is 31.9 Å². The Balaban J connectivity index is 1.56. The maximum Gasteiger partial charge on any atom is 0.306 e. The van der Waals surface area contributed by atoms with E-state index in [1.165, 1.54) is 0 Å². The van der Waals surface area contributed by atoms with Gasteiger partial charge in [0.05, 0.1) is 41.4 Å². The van der Waals surface area contributed by atoms with Crippen molar-refractivity contribution in [2.24, 2.45) is 5.92 Å². The van der Waals surface area contributed by atoms with Gasteiger partial charge in [-0.3, -0.25) is 19.5 Å². The molecule has 4 rings (SSSR count). The molecule has 34 heavy (non-hydrogen) atoms. The molecule has 3 heterocycles. The van der Waals surface area contributed by atoms with Gasteiger partial charge in [-0.1, -0.05) is 0 Å². The molecule has 1 aliphatic rings. The van der Waals surface area contributed by atoms with Crippen molar-refractivity contribution in [1.82, 2.24) is 14.5 Å². The van der Waals surface area contributed by atoms with Crippen molar-refractivity contribution in [2.75, 3.05) is 26.2 Å². The fourth-order valence-corrected chi connectivity index (χ4v) is 5.01. The summed E-state index contributed by atoms with van der Waals surface area (Å²) in [6.07, 6.45) is 3.92. The normalized spacial score (nSPS) is 14.8. The minimum absolute atomic E-state index is 0.0357. The lowest BCUT2D eigenvalue weighted by atomic mass is 9.93. The van der Waals surface area contributed by atoms with Gasteiger partial charge in [0.25, 0.3) is 0 Å². The molecule has 0 N–H and O–H groups in total. The van der Waals surface area contributed by atoms with Gasteiger partial charge in [-0.05, 0) is 92.0 Å². The number of ether oxygens (including phenoxy) is 1. The van der Waals surface area contributed by atoms with Crippen molar-refractivity contribution in [2.45, 2.75) is 33.1 Å². The molecule has 0 unspecified atom stereocenters. The molecule has 1 aromatic carbocycles. The summed E-state index contributed by atoms with van der Waals surface area (Å²) in [6, 6.07) is 11.4. The number of halogens is 1. The number of carbonyl (C=O) groups excluding carboxylic acids is 2. The highest BCUT2D eigenvalue weighted by atomic mass is 79.9. The quantitative estimate of drug-likeness (QED) is 0.326. The summed E-state index contributed by atoms with van der Waals surface area (Å²) in [5.41, 5.74) is 4.42. The monoisotopic (exact) mass is 522 g/mol. The van der Waals surface area contributed by atoms with Crippen molar-refractivity contribution in [3.05, 3.63) is 57.8 Å². The number of piperidine rings is 1. The van der Waals surface area contributed by atoms with Crippen LogP contribution in [0.25, 0.3) is 16.7 Å². The van der Waals surface area contributed by atoms with Gasteiger partial charge >= 0.3 is 5.97 Å². The maximum absolute atomic E-state index is 13.5. The molecule has 0 radical (unpaired) electrons. The number of hydrogen-bond donors (Lipinski definition) is 0. The van der Waals surface area contributed by atoms with Gasteiger partial charge in [-0.2, -0.15) is 5.26 Å². The number of nitriles is 1. The number of ketones is 1. The molecule has 0 spiro atoms. The largest absolute Gasteiger partial charge is 0.466 e. The van der Waals surface area contributed by atoms with Gasteiger partial charge in [0, 0.05) is 28.5 Å². The number of rotatable bonds is 7. The lowest BCUT2D eigenvalue weighted by molar-refractivity contribution is -0.144. The number of carbonyl (C=O) groups is 2. The third kappa shape index (κ3) is 5.06. The SMILES string of the molecule is CCOC(=O)CC1CCN(CC(=O)c2c(C)n(-c3ccc(C#N)cc3)c3cc(Br)cnc23)CC1. The lowest BCUT2D eigenvalue weighted by Gasteiger charge is -2.31. The highest BCUT2D eigenvalue weighted by molar-refractivity contribution is 9.10. The Morgan fingerprint density at radius 2 is 1.94 bits per heavy atom.